The zero-order chi connectivity index (χ0) is 21.2. The third-order valence-electron chi connectivity index (χ3n) is 6.05. The van der Waals surface area contributed by atoms with Gasteiger partial charge in [-0.05, 0) is 43.5 Å². The van der Waals surface area contributed by atoms with Crippen LogP contribution in [0.1, 0.15) is 30.0 Å². The van der Waals surface area contributed by atoms with E-state index in [2.05, 4.69) is 24.3 Å². The quantitative estimate of drug-likeness (QED) is 0.527. The number of hydrogen-bond acceptors (Lipinski definition) is 2. The van der Waals surface area contributed by atoms with Crippen molar-refractivity contribution >= 4 is 10.0 Å². The largest absolute Gasteiger partial charge is 0.243 e. The summed E-state index contributed by atoms with van der Waals surface area (Å²) in [6.45, 7) is 4.32. The fraction of sp³-hybridized carbons (Fsp3) is 0.231. The van der Waals surface area contributed by atoms with Crippen LogP contribution in [0.2, 0.25) is 0 Å². The van der Waals surface area contributed by atoms with Crippen LogP contribution in [-0.4, -0.2) is 25.3 Å². The molecule has 0 aliphatic carbocycles. The van der Waals surface area contributed by atoms with Crippen LogP contribution in [0.4, 0.5) is 0 Å². The average molecular weight is 418 g/mol. The Morgan fingerprint density at radius 1 is 0.867 bits per heavy atom. The maximum Gasteiger partial charge on any atom is 0.243 e. The summed E-state index contributed by atoms with van der Waals surface area (Å²) in [7, 11) is -3.63. The molecule has 1 fully saturated rings. The molecule has 0 aromatic heterocycles. The molecule has 4 heteroatoms. The Hall–Kier alpha value is -2.69. The zero-order valence-corrected chi connectivity index (χ0v) is 18.2. The van der Waals surface area contributed by atoms with Gasteiger partial charge in [0.1, 0.15) is 0 Å². The Labute approximate surface area is 179 Å². The van der Waals surface area contributed by atoms with Crippen LogP contribution in [0.15, 0.2) is 102 Å². The van der Waals surface area contributed by atoms with Gasteiger partial charge in [-0.1, -0.05) is 90.5 Å². The average Bonchev–Trinajstić information content (AvgIpc) is 3.17. The lowest BCUT2D eigenvalue weighted by Crippen LogP contribution is -2.37. The van der Waals surface area contributed by atoms with Gasteiger partial charge in [0.05, 0.1) is 4.90 Å². The molecular formula is C26H27NO2S. The first-order valence-electron chi connectivity index (χ1n) is 10.3. The van der Waals surface area contributed by atoms with Crippen molar-refractivity contribution in [3.63, 3.8) is 0 Å². The van der Waals surface area contributed by atoms with E-state index in [1.807, 2.05) is 74.5 Å². The minimum Gasteiger partial charge on any atom is -0.207 e. The van der Waals surface area contributed by atoms with Crippen molar-refractivity contribution in [1.29, 1.82) is 0 Å². The van der Waals surface area contributed by atoms with Crippen LogP contribution in [-0.2, 0) is 15.4 Å². The Morgan fingerprint density at radius 3 is 1.90 bits per heavy atom. The lowest BCUT2D eigenvalue weighted by Gasteiger charge is -2.30. The van der Waals surface area contributed by atoms with Crippen LogP contribution < -0.4 is 0 Å². The second-order valence-electron chi connectivity index (χ2n) is 7.97. The highest BCUT2D eigenvalue weighted by molar-refractivity contribution is 7.89. The summed E-state index contributed by atoms with van der Waals surface area (Å²) in [5.41, 5.74) is 2.94. The molecule has 1 unspecified atom stereocenters. The summed E-state index contributed by atoms with van der Waals surface area (Å²) >= 11 is 0. The van der Waals surface area contributed by atoms with Crippen molar-refractivity contribution in [3.05, 3.63) is 114 Å². The third-order valence-corrected chi connectivity index (χ3v) is 7.93. The number of aryl methyl sites for hydroxylation is 1. The van der Waals surface area contributed by atoms with E-state index in [0.29, 0.717) is 17.9 Å². The van der Waals surface area contributed by atoms with Gasteiger partial charge in [0, 0.05) is 18.0 Å². The number of sulfonamides is 1. The van der Waals surface area contributed by atoms with E-state index < -0.39 is 15.4 Å². The molecule has 0 bridgehead atoms. The molecule has 0 spiro atoms. The molecule has 1 atom stereocenters. The van der Waals surface area contributed by atoms with Crippen LogP contribution in [0.3, 0.4) is 0 Å². The van der Waals surface area contributed by atoms with Crippen LogP contribution in [0.5, 0.6) is 0 Å². The van der Waals surface area contributed by atoms with E-state index in [-0.39, 0.29) is 6.04 Å². The topological polar surface area (TPSA) is 37.4 Å². The SMILES string of the molecule is CC=CC1CC(c2ccccc2)(c2ccccc2)CN1S(=O)(=O)c1ccc(C)cc1. The van der Waals surface area contributed by atoms with Crippen LogP contribution in [0.25, 0.3) is 0 Å². The molecule has 0 N–H and O–H groups in total. The minimum absolute atomic E-state index is 0.207. The lowest BCUT2D eigenvalue weighted by atomic mass is 9.73. The number of allylic oxidation sites excluding steroid dienone is 1. The number of nitrogens with zero attached hydrogens (tertiary/aromatic N) is 1. The van der Waals surface area contributed by atoms with Gasteiger partial charge >= 0.3 is 0 Å². The van der Waals surface area contributed by atoms with Gasteiger partial charge in [-0.15, -0.1) is 0 Å². The Morgan fingerprint density at radius 2 is 1.40 bits per heavy atom. The van der Waals surface area contributed by atoms with Crippen LogP contribution >= 0.6 is 0 Å². The Bertz CT molecular complexity index is 1080. The van der Waals surface area contributed by atoms with Crippen molar-refractivity contribution in [2.75, 3.05) is 6.54 Å². The van der Waals surface area contributed by atoms with Gasteiger partial charge in [0.2, 0.25) is 10.0 Å². The molecule has 1 aliphatic heterocycles. The summed E-state index contributed by atoms with van der Waals surface area (Å²) < 4.78 is 29.0. The van der Waals surface area contributed by atoms with E-state index in [1.54, 1.807) is 16.4 Å². The zero-order valence-electron chi connectivity index (χ0n) is 17.4. The fourth-order valence-corrected chi connectivity index (χ4v) is 6.14. The van der Waals surface area contributed by atoms with E-state index in [4.69, 9.17) is 0 Å². The molecule has 0 saturated carbocycles. The van der Waals surface area contributed by atoms with Gasteiger partial charge in [0.15, 0.2) is 0 Å². The fourth-order valence-electron chi connectivity index (χ4n) is 4.50. The highest BCUT2D eigenvalue weighted by atomic mass is 32.2. The van der Waals surface area contributed by atoms with Gasteiger partial charge < -0.3 is 0 Å². The molecular weight excluding hydrogens is 390 g/mol. The van der Waals surface area contributed by atoms with E-state index in [9.17, 15) is 8.42 Å². The highest BCUT2D eigenvalue weighted by Crippen LogP contribution is 2.45. The van der Waals surface area contributed by atoms with E-state index >= 15 is 0 Å². The van der Waals surface area contributed by atoms with Gasteiger partial charge in [-0.2, -0.15) is 4.31 Å². The molecule has 3 aromatic rings. The van der Waals surface area contributed by atoms with Crippen LogP contribution in [0, 0.1) is 6.92 Å². The number of rotatable bonds is 5. The monoisotopic (exact) mass is 417 g/mol. The molecule has 0 amide bonds. The van der Waals surface area contributed by atoms with E-state index in [0.717, 1.165) is 16.7 Å². The summed E-state index contributed by atoms with van der Waals surface area (Å²) in [6, 6.07) is 27.5. The Kier molecular flexibility index (Phi) is 5.63. The molecule has 30 heavy (non-hydrogen) atoms. The number of hydrogen-bond donors (Lipinski definition) is 0. The van der Waals surface area contributed by atoms with Crippen molar-refractivity contribution in [3.8, 4) is 0 Å². The van der Waals surface area contributed by atoms with Crippen molar-refractivity contribution < 1.29 is 8.42 Å². The van der Waals surface area contributed by atoms with Crippen molar-refractivity contribution in [2.45, 2.75) is 36.6 Å². The smallest absolute Gasteiger partial charge is 0.207 e. The molecule has 1 aliphatic rings. The summed E-state index contributed by atoms with van der Waals surface area (Å²) in [6.07, 6.45) is 4.67. The molecule has 1 heterocycles. The third kappa shape index (κ3) is 3.62. The first-order valence-corrected chi connectivity index (χ1v) is 11.7. The highest BCUT2D eigenvalue weighted by Gasteiger charge is 2.49. The van der Waals surface area contributed by atoms with Gasteiger partial charge in [-0.3, -0.25) is 0 Å². The molecule has 0 radical (unpaired) electrons. The lowest BCUT2D eigenvalue weighted by molar-refractivity contribution is 0.422. The maximum absolute atomic E-state index is 13.7. The molecule has 1 saturated heterocycles. The first-order chi connectivity index (χ1) is 14.5. The summed E-state index contributed by atoms with van der Waals surface area (Å²) in [5, 5.41) is 0. The Balaban J connectivity index is 1.86. The predicted octanol–water partition coefficient (Wildman–Crippen LogP) is 5.32. The molecule has 3 aromatic carbocycles. The minimum atomic E-state index is -3.63. The normalized spacial score (nSPS) is 19.3. The summed E-state index contributed by atoms with van der Waals surface area (Å²) in [5.74, 6) is 0. The number of benzene rings is 3. The summed E-state index contributed by atoms with van der Waals surface area (Å²) in [4.78, 5) is 0.347. The first kappa shape index (κ1) is 20.6. The van der Waals surface area contributed by atoms with Crippen molar-refractivity contribution in [1.82, 2.24) is 4.31 Å². The van der Waals surface area contributed by atoms with Crippen molar-refractivity contribution in [2.24, 2.45) is 0 Å². The predicted molar refractivity (Wildman–Crippen MR) is 122 cm³/mol. The maximum atomic E-state index is 13.7. The van der Waals surface area contributed by atoms with Gasteiger partial charge in [0.25, 0.3) is 0 Å². The molecule has 4 rings (SSSR count). The molecule has 154 valence electrons. The van der Waals surface area contributed by atoms with E-state index in [1.165, 1.54) is 0 Å². The van der Waals surface area contributed by atoms with Gasteiger partial charge in [-0.25, -0.2) is 8.42 Å². The molecule has 3 nitrogen and oxygen atoms in total. The second kappa shape index (κ2) is 8.21. The second-order valence-corrected chi connectivity index (χ2v) is 9.87. The standard InChI is InChI=1S/C26H27NO2S/c1-3-10-24-19-26(22-11-6-4-7-12-22,23-13-8-5-9-14-23)20-27(24)30(28,29)25-17-15-21(2)16-18-25/h3-18,24H,19-20H2,1-2H3.